The summed E-state index contributed by atoms with van der Waals surface area (Å²) >= 11 is 11.8. The number of aliphatic hydroxyl groups excluding tert-OH is 1. The van der Waals surface area contributed by atoms with Crippen LogP contribution >= 0.6 is 23.2 Å². The first kappa shape index (κ1) is 23.9. The molecule has 0 aliphatic heterocycles. The maximum Gasteiger partial charge on any atom is 0.246 e. The molecule has 0 aliphatic rings. The van der Waals surface area contributed by atoms with E-state index in [1.807, 2.05) is 44.2 Å². The molecule has 2 aromatic rings. The fourth-order valence-electron chi connectivity index (χ4n) is 2.92. The number of benzene rings is 2. The van der Waals surface area contributed by atoms with Crippen LogP contribution in [-0.4, -0.2) is 48.2 Å². The van der Waals surface area contributed by atoms with Crippen LogP contribution in [0.4, 0.5) is 0 Å². The second-order valence-corrected chi connectivity index (χ2v) is 10.1. The molecule has 0 aliphatic carbocycles. The van der Waals surface area contributed by atoms with Crippen molar-refractivity contribution < 1.29 is 18.6 Å². The minimum Gasteiger partial charge on any atom is -0.505 e. The lowest BCUT2D eigenvalue weighted by Crippen LogP contribution is -2.47. The van der Waals surface area contributed by atoms with Gasteiger partial charge in [0.25, 0.3) is 0 Å². The number of phenols is 1. The van der Waals surface area contributed by atoms with E-state index in [2.05, 4.69) is 0 Å². The van der Waals surface area contributed by atoms with E-state index in [4.69, 9.17) is 28.9 Å². The highest BCUT2D eigenvalue weighted by Crippen LogP contribution is 2.36. The van der Waals surface area contributed by atoms with Crippen LogP contribution in [0, 0.1) is 5.92 Å². The molecule has 0 spiro atoms. The predicted octanol–water partition coefficient (Wildman–Crippen LogP) is 3.28. The number of aliphatic hydroxyl groups is 1. The molecular weight excluding hydrogens is 435 g/mol. The Morgan fingerprint density at radius 2 is 1.72 bits per heavy atom. The van der Waals surface area contributed by atoms with Crippen LogP contribution in [0.1, 0.15) is 19.4 Å². The molecule has 160 valence electrons. The number of rotatable bonds is 9. The molecule has 0 saturated heterocycles. The number of phenolic OH excluding ortho intramolecular Hbond substituents is 1. The first-order chi connectivity index (χ1) is 13.5. The summed E-state index contributed by atoms with van der Waals surface area (Å²) in [6.07, 6.45) is -0.716. The molecule has 0 heterocycles. The molecule has 0 bridgehead atoms. The number of sulfonamides is 1. The zero-order valence-electron chi connectivity index (χ0n) is 16.3. The normalized spacial score (nSPS) is 14.3. The summed E-state index contributed by atoms with van der Waals surface area (Å²) < 4.78 is 27.5. The second-order valence-electron chi connectivity index (χ2n) is 7.37. The Bertz CT molecular complexity index is 924. The van der Waals surface area contributed by atoms with Gasteiger partial charge in [0.1, 0.15) is 4.90 Å². The van der Waals surface area contributed by atoms with Crippen molar-refractivity contribution >= 4 is 33.2 Å². The average Bonchev–Trinajstić information content (AvgIpc) is 2.64. The van der Waals surface area contributed by atoms with E-state index in [1.54, 1.807) is 0 Å². The van der Waals surface area contributed by atoms with Gasteiger partial charge in [-0.15, -0.1) is 0 Å². The largest absolute Gasteiger partial charge is 0.505 e. The van der Waals surface area contributed by atoms with Crippen LogP contribution in [0.3, 0.4) is 0 Å². The third-order valence-electron chi connectivity index (χ3n) is 4.38. The molecule has 0 fully saturated rings. The van der Waals surface area contributed by atoms with Gasteiger partial charge in [0.15, 0.2) is 5.75 Å². The molecule has 4 N–H and O–H groups in total. The summed E-state index contributed by atoms with van der Waals surface area (Å²) in [6, 6.07) is 11.1. The Kier molecular flexibility index (Phi) is 8.34. The molecule has 2 rings (SSSR count). The highest BCUT2D eigenvalue weighted by molar-refractivity contribution is 7.89. The van der Waals surface area contributed by atoms with Crippen LogP contribution in [0.15, 0.2) is 47.4 Å². The fraction of sp³-hybridized carbons (Fsp3) is 0.400. The number of nitrogens with two attached hydrogens (primary N) is 1. The molecule has 0 saturated carbocycles. The molecular formula is C20H26Cl2N2O4S. The quantitative estimate of drug-likeness (QED) is 0.532. The molecule has 0 amide bonds. The van der Waals surface area contributed by atoms with Crippen molar-refractivity contribution in [1.82, 2.24) is 4.31 Å². The third kappa shape index (κ3) is 6.31. The third-order valence-corrected chi connectivity index (χ3v) is 6.73. The summed E-state index contributed by atoms with van der Waals surface area (Å²) in [4.78, 5) is -0.403. The van der Waals surface area contributed by atoms with Crippen molar-refractivity contribution in [2.75, 3.05) is 13.1 Å². The van der Waals surface area contributed by atoms with Crippen molar-refractivity contribution in [3.05, 3.63) is 58.1 Å². The van der Waals surface area contributed by atoms with E-state index in [-0.39, 0.29) is 29.1 Å². The van der Waals surface area contributed by atoms with Gasteiger partial charge in [-0.25, -0.2) is 8.42 Å². The highest BCUT2D eigenvalue weighted by Gasteiger charge is 2.32. The van der Waals surface area contributed by atoms with Gasteiger partial charge >= 0.3 is 0 Å². The SMILES string of the molecule is CC(C)CN(C[C@@H](O)[C@@H](N)Cc1ccccc1)S(=O)(=O)c1cc(Cl)cc(Cl)c1O. The van der Waals surface area contributed by atoms with E-state index < -0.39 is 32.8 Å². The first-order valence-corrected chi connectivity index (χ1v) is 11.4. The van der Waals surface area contributed by atoms with Gasteiger partial charge in [0.05, 0.1) is 11.1 Å². The predicted molar refractivity (Wildman–Crippen MR) is 116 cm³/mol. The smallest absolute Gasteiger partial charge is 0.246 e. The van der Waals surface area contributed by atoms with Crippen LogP contribution < -0.4 is 5.73 Å². The lowest BCUT2D eigenvalue weighted by Gasteiger charge is -2.29. The molecule has 6 nitrogen and oxygen atoms in total. The number of halogens is 2. The second kappa shape index (κ2) is 10.1. The van der Waals surface area contributed by atoms with Crippen molar-refractivity contribution in [3.63, 3.8) is 0 Å². The van der Waals surface area contributed by atoms with Crippen LogP contribution in [0.2, 0.25) is 10.0 Å². The van der Waals surface area contributed by atoms with Gasteiger partial charge < -0.3 is 15.9 Å². The summed E-state index contributed by atoms with van der Waals surface area (Å²) in [5, 5.41) is 20.7. The molecule has 0 aromatic heterocycles. The lowest BCUT2D eigenvalue weighted by atomic mass is 10.0. The molecule has 0 unspecified atom stereocenters. The van der Waals surface area contributed by atoms with Gasteiger partial charge in [0.2, 0.25) is 10.0 Å². The van der Waals surface area contributed by atoms with Gasteiger partial charge in [-0.1, -0.05) is 67.4 Å². The van der Waals surface area contributed by atoms with Crippen LogP contribution in [0.25, 0.3) is 0 Å². The topological polar surface area (TPSA) is 104 Å². The van der Waals surface area contributed by atoms with Gasteiger partial charge in [-0.05, 0) is 30.0 Å². The van der Waals surface area contributed by atoms with E-state index >= 15 is 0 Å². The fourth-order valence-corrected chi connectivity index (χ4v) is 5.29. The monoisotopic (exact) mass is 460 g/mol. The minimum absolute atomic E-state index is 0.0286. The van der Waals surface area contributed by atoms with Crippen molar-refractivity contribution in [2.24, 2.45) is 11.7 Å². The molecule has 29 heavy (non-hydrogen) atoms. The van der Waals surface area contributed by atoms with E-state index in [1.165, 1.54) is 6.07 Å². The number of nitrogens with zero attached hydrogens (tertiary/aromatic N) is 1. The molecule has 2 atom stereocenters. The number of aromatic hydroxyl groups is 1. The van der Waals surface area contributed by atoms with E-state index in [0.717, 1.165) is 15.9 Å². The molecule has 0 radical (unpaired) electrons. The Morgan fingerprint density at radius 1 is 1.10 bits per heavy atom. The Balaban J connectivity index is 2.28. The zero-order chi connectivity index (χ0) is 21.8. The van der Waals surface area contributed by atoms with Gasteiger partial charge in [-0.3, -0.25) is 0 Å². The summed E-state index contributed by atoms with van der Waals surface area (Å²) in [6.45, 7) is 3.60. The van der Waals surface area contributed by atoms with Gasteiger partial charge in [0, 0.05) is 24.2 Å². The zero-order valence-corrected chi connectivity index (χ0v) is 18.6. The lowest BCUT2D eigenvalue weighted by molar-refractivity contribution is 0.116. The maximum atomic E-state index is 13.2. The maximum absolute atomic E-state index is 13.2. The van der Waals surface area contributed by atoms with Crippen LogP contribution in [0.5, 0.6) is 5.75 Å². The van der Waals surface area contributed by atoms with E-state index in [9.17, 15) is 18.6 Å². The average molecular weight is 461 g/mol. The first-order valence-electron chi connectivity index (χ1n) is 9.18. The summed E-state index contributed by atoms with van der Waals surface area (Å²) in [7, 11) is -4.17. The van der Waals surface area contributed by atoms with Crippen LogP contribution in [-0.2, 0) is 16.4 Å². The summed E-state index contributed by atoms with van der Waals surface area (Å²) in [5.41, 5.74) is 7.07. The van der Waals surface area contributed by atoms with E-state index in [0.29, 0.717) is 6.42 Å². The summed E-state index contributed by atoms with van der Waals surface area (Å²) in [5.74, 6) is -0.605. The molecule has 2 aromatic carbocycles. The Morgan fingerprint density at radius 3 is 2.31 bits per heavy atom. The molecule has 9 heteroatoms. The Hall–Kier alpha value is -1.35. The van der Waals surface area contributed by atoms with Crippen molar-refractivity contribution in [3.8, 4) is 5.75 Å². The van der Waals surface area contributed by atoms with Gasteiger partial charge in [-0.2, -0.15) is 4.31 Å². The minimum atomic E-state index is -4.17. The van der Waals surface area contributed by atoms with Crippen molar-refractivity contribution in [1.29, 1.82) is 0 Å². The standard InChI is InChI=1S/C20H26Cl2N2O4S/c1-13(2)11-24(12-18(25)17(23)8-14-6-4-3-5-7-14)29(27,28)19-10-15(21)9-16(22)20(19)26/h3-7,9-10,13,17-18,25-26H,8,11-12,23H2,1-2H3/t17-,18+/m0/s1. The van der Waals surface area contributed by atoms with Crippen molar-refractivity contribution in [2.45, 2.75) is 37.3 Å². The number of hydrogen-bond acceptors (Lipinski definition) is 5. The Labute approximate surface area is 181 Å². The number of hydrogen-bond donors (Lipinski definition) is 3. The highest BCUT2D eigenvalue weighted by atomic mass is 35.5.